The first-order valence-corrected chi connectivity index (χ1v) is 13.7. The fraction of sp³-hybridized carbons (Fsp3) is 0.542. The van der Waals surface area contributed by atoms with Gasteiger partial charge in [0.05, 0.1) is 11.9 Å². The van der Waals surface area contributed by atoms with Crippen molar-refractivity contribution in [2.75, 3.05) is 24.2 Å². The van der Waals surface area contributed by atoms with Gasteiger partial charge >= 0.3 is 5.97 Å². The normalized spacial score (nSPS) is 22.4. The van der Waals surface area contributed by atoms with Crippen LogP contribution in [0, 0.1) is 11.8 Å². The highest BCUT2D eigenvalue weighted by atomic mass is 32.2. The molecule has 1 aliphatic heterocycles. The summed E-state index contributed by atoms with van der Waals surface area (Å²) >= 11 is 0. The third-order valence-corrected chi connectivity index (χ3v) is 8.34. The van der Waals surface area contributed by atoms with Crippen LogP contribution in [-0.2, 0) is 14.8 Å². The van der Waals surface area contributed by atoms with E-state index in [1.807, 2.05) is 30.3 Å². The molecular formula is C24H32N4O5S. The Morgan fingerprint density at radius 3 is 2.21 bits per heavy atom. The number of carboxylic acids is 1. The molecule has 34 heavy (non-hydrogen) atoms. The van der Waals surface area contributed by atoms with E-state index in [1.54, 1.807) is 4.90 Å². The lowest BCUT2D eigenvalue weighted by atomic mass is 9.82. The highest BCUT2D eigenvalue weighted by molar-refractivity contribution is 7.88. The van der Waals surface area contributed by atoms with Gasteiger partial charge in [-0.1, -0.05) is 25.1 Å². The fourth-order valence-electron chi connectivity index (χ4n) is 5.00. The Labute approximate surface area is 200 Å². The summed E-state index contributed by atoms with van der Waals surface area (Å²) in [5.74, 6) is -0.737. The quantitative estimate of drug-likeness (QED) is 0.668. The minimum Gasteiger partial charge on any atom is -0.477 e. The first-order valence-electron chi connectivity index (χ1n) is 11.8. The van der Waals surface area contributed by atoms with E-state index < -0.39 is 16.0 Å². The monoisotopic (exact) mass is 488 g/mol. The van der Waals surface area contributed by atoms with Gasteiger partial charge in [-0.05, 0) is 56.6 Å². The molecule has 1 saturated carbocycles. The van der Waals surface area contributed by atoms with Crippen molar-refractivity contribution in [3.8, 4) is 5.69 Å². The Balaban J connectivity index is 1.71. The Morgan fingerprint density at radius 2 is 1.65 bits per heavy atom. The summed E-state index contributed by atoms with van der Waals surface area (Å²) in [5.41, 5.74) is 0.661. The van der Waals surface area contributed by atoms with Crippen LogP contribution in [0.2, 0.25) is 0 Å². The molecule has 1 saturated heterocycles. The van der Waals surface area contributed by atoms with E-state index in [2.05, 4.69) is 12.0 Å². The van der Waals surface area contributed by atoms with E-state index >= 15 is 0 Å². The Bertz CT molecular complexity index is 1130. The number of carbonyl (C=O) groups is 2. The number of benzene rings is 1. The van der Waals surface area contributed by atoms with Crippen molar-refractivity contribution in [3.63, 3.8) is 0 Å². The first-order chi connectivity index (χ1) is 16.1. The highest BCUT2D eigenvalue weighted by Crippen LogP contribution is 2.34. The number of amides is 1. The lowest BCUT2D eigenvalue weighted by molar-refractivity contribution is -0.124. The molecule has 2 aliphatic rings. The lowest BCUT2D eigenvalue weighted by Crippen LogP contribution is -2.51. The number of aromatic carboxylic acids is 1. The Hall–Kier alpha value is -2.72. The summed E-state index contributed by atoms with van der Waals surface area (Å²) in [7, 11) is -3.32. The molecular weight excluding hydrogens is 456 g/mol. The third-order valence-electron chi connectivity index (χ3n) is 7.03. The van der Waals surface area contributed by atoms with E-state index in [0.717, 1.165) is 25.7 Å². The smallest absolute Gasteiger partial charge is 0.341 e. The SMILES string of the molecule is CS(=O)(=O)N1CCC(N(c2nn(-c3ccccc3)cc2C(=O)O)C(=O)[C@H]2CC[C@H](C)CC2)CC1. The van der Waals surface area contributed by atoms with Crippen molar-refractivity contribution in [2.24, 2.45) is 11.8 Å². The van der Waals surface area contributed by atoms with Crippen LogP contribution in [0.25, 0.3) is 5.69 Å². The number of hydrogen-bond donors (Lipinski definition) is 1. The predicted octanol–water partition coefficient (Wildman–Crippen LogP) is 3.15. The molecule has 0 radical (unpaired) electrons. The maximum absolute atomic E-state index is 13.9. The van der Waals surface area contributed by atoms with Gasteiger partial charge in [-0.25, -0.2) is 22.2 Å². The van der Waals surface area contributed by atoms with Crippen molar-refractivity contribution in [1.82, 2.24) is 14.1 Å². The number of hydrogen-bond acceptors (Lipinski definition) is 5. The average molecular weight is 489 g/mol. The van der Waals surface area contributed by atoms with Crippen LogP contribution in [0.1, 0.15) is 55.8 Å². The molecule has 2 fully saturated rings. The zero-order valence-electron chi connectivity index (χ0n) is 19.6. The summed E-state index contributed by atoms with van der Waals surface area (Å²) in [6, 6.07) is 8.86. The summed E-state index contributed by atoms with van der Waals surface area (Å²) in [6.07, 6.45) is 6.94. The van der Waals surface area contributed by atoms with E-state index in [9.17, 15) is 23.1 Å². The number of nitrogens with zero attached hydrogens (tertiary/aromatic N) is 4. The molecule has 0 bridgehead atoms. The van der Waals surface area contributed by atoms with Gasteiger partial charge in [0.1, 0.15) is 5.56 Å². The highest BCUT2D eigenvalue weighted by Gasteiger charge is 2.39. The van der Waals surface area contributed by atoms with Crippen molar-refractivity contribution < 1.29 is 23.1 Å². The number of carbonyl (C=O) groups excluding carboxylic acids is 1. The number of aromatic nitrogens is 2. The molecule has 10 heteroatoms. The van der Waals surface area contributed by atoms with Crippen LogP contribution in [0.5, 0.6) is 0 Å². The molecule has 9 nitrogen and oxygen atoms in total. The molecule has 184 valence electrons. The number of anilines is 1. The number of piperidine rings is 1. The molecule has 1 aliphatic carbocycles. The van der Waals surface area contributed by atoms with Crippen molar-refractivity contribution in [1.29, 1.82) is 0 Å². The van der Waals surface area contributed by atoms with Gasteiger partial charge in [-0.2, -0.15) is 0 Å². The second kappa shape index (κ2) is 9.87. The van der Waals surface area contributed by atoms with E-state index in [0.29, 0.717) is 24.4 Å². The summed E-state index contributed by atoms with van der Waals surface area (Å²) in [4.78, 5) is 27.6. The largest absolute Gasteiger partial charge is 0.477 e. The fourth-order valence-corrected chi connectivity index (χ4v) is 5.87. The summed E-state index contributed by atoms with van der Waals surface area (Å²) < 4.78 is 26.9. The van der Waals surface area contributed by atoms with E-state index in [-0.39, 0.29) is 42.3 Å². The Morgan fingerprint density at radius 1 is 1.03 bits per heavy atom. The van der Waals surface area contributed by atoms with Crippen LogP contribution in [0.3, 0.4) is 0 Å². The minimum atomic E-state index is -3.32. The van der Waals surface area contributed by atoms with Crippen molar-refractivity contribution in [3.05, 3.63) is 42.1 Å². The number of para-hydroxylation sites is 1. The minimum absolute atomic E-state index is 0.0353. The van der Waals surface area contributed by atoms with Gasteiger partial charge in [-0.3, -0.25) is 9.69 Å². The van der Waals surface area contributed by atoms with Gasteiger partial charge in [0.2, 0.25) is 15.9 Å². The number of carboxylic acid groups (broad SMARTS) is 1. The third kappa shape index (κ3) is 5.17. The van der Waals surface area contributed by atoms with Crippen LogP contribution >= 0.6 is 0 Å². The second-order valence-electron chi connectivity index (χ2n) is 9.51. The van der Waals surface area contributed by atoms with E-state index in [1.165, 1.54) is 21.4 Å². The summed E-state index contributed by atoms with van der Waals surface area (Å²) in [5, 5.41) is 14.6. The molecule has 0 spiro atoms. The first kappa shape index (κ1) is 24.4. The lowest BCUT2D eigenvalue weighted by Gasteiger charge is -2.39. The van der Waals surface area contributed by atoms with Gasteiger partial charge in [-0.15, -0.1) is 5.10 Å². The molecule has 1 amide bonds. The molecule has 1 aromatic carbocycles. The van der Waals surface area contributed by atoms with Gasteiger partial charge in [0, 0.05) is 31.2 Å². The zero-order valence-corrected chi connectivity index (χ0v) is 20.4. The molecule has 1 aromatic heterocycles. The molecule has 1 N–H and O–H groups in total. The van der Waals surface area contributed by atoms with Crippen LogP contribution in [-0.4, -0.2) is 64.9 Å². The van der Waals surface area contributed by atoms with E-state index in [4.69, 9.17) is 0 Å². The number of rotatable bonds is 6. The van der Waals surface area contributed by atoms with Gasteiger partial charge in [0.25, 0.3) is 0 Å². The molecule has 2 aromatic rings. The van der Waals surface area contributed by atoms with Crippen LogP contribution in [0.4, 0.5) is 5.82 Å². The van der Waals surface area contributed by atoms with Crippen LogP contribution in [0.15, 0.2) is 36.5 Å². The Kier molecular flexibility index (Phi) is 7.09. The molecule has 2 heterocycles. The zero-order chi connectivity index (χ0) is 24.5. The maximum atomic E-state index is 13.9. The van der Waals surface area contributed by atoms with Crippen LogP contribution < -0.4 is 4.90 Å². The summed E-state index contributed by atoms with van der Waals surface area (Å²) in [6.45, 7) is 2.76. The van der Waals surface area contributed by atoms with Crippen molar-refractivity contribution >= 4 is 27.7 Å². The molecule has 0 unspecified atom stereocenters. The average Bonchev–Trinajstić information content (AvgIpc) is 3.25. The second-order valence-corrected chi connectivity index (χ2v) is 11.5. The van der Waals surface area contributed by atoms with Gasteiger partial charge < -0.3 is 5.11 Å². The van der Waals surface area contributed by atoms with Crippen molar-refractivity contribution in [2.45, 2.75) is 51.5 Å². The molecule has 4 rings (SSSR count). The molecule has 0 atom stereocenters. The number of sulfonamides is 1. The van der Waals surface area contributed by atoms with Gasteiger partial charge in [0.15, 0.2) is 5.82 Å². The standard InChI is InChI=1S/C24H32N4O5S/c1-17-8-10-18(11-9-17)23(29)28(20-12-14-26(15-13-20)34(2,32)33)22-21(24(30)31)16-27(25-22)19-6-4-3-5-7-19/h3-7,16-18,20H,8-15H2,1-2H3,(H,30,31)/t17-,18-. The topological polar surface area (TPSA) is 113 Å². The maximum Gasteiger partial charge on any atom is 0.341 e. The predicted molar refractivity (Wildman–Crippen MR) is 129 cm³/mol.